The average molecular weight is 109 g/mol. The third-order valence-corrected chi connectivity index (χ3v) is 0.563. The summed E-state index contributed by atoms with van der Waals surface area (Å²) in [4.78, 5) is 9.44. The summed E-state index contributed by atoms with van der Waals surface area (Å²) in [5.74, 6) is 0. The second kappa shape index (κ2) is 3.12. The van der Waals surface area contributed by atoms with Gasteiger partial charge in [-0.2, -0.15) is 0 Å². The quantitative estimate of drug-likeness (QED) is 0.393. The predicted molar refractivity (Wildman–Crippen MR) is 22.8 cm³/mol. The number of aliphatic hydroxyl groups excluding tert-OH is 1. The largest absolute Gasteiger partial charge is 0.394 e. The van der Waals surface area contributed by atoms with Crippen LogP contribution in [0.25, 0.3) is 0 Å². The highest BCUT2D eigenvalue weighted by molar-refractivity contribution is 6.27. The minimum Gasteiger partial charge on any atom is -0.394 e. The molecule has 36 valence electrons. The number of halogens is 1. The van der Waals surface area contributed by atoms with Crippen molar-refractivity contribution in [3.8, 4) is 0 Å². The summed E-state index contributed by atoms with van der Waals surface area (Å²) in [5.41, 5.74) is 0. The summed E-state index contributed by atoms with van der Waals surface area (Å²) in [5, 5.41) is 7.25. The highest BCUT2D eigenvalue weighted by Crippen LogP contribution is 1.84. The van der Waals surface area contributed by atoms with Crippen LogP contribution in [0.2, 0.25) is 0 Å². The Kier molecular flexibility index (Phi) is 3.08. The molecule has 0 aromatic rings. The smallest absolute Gasteiger partial charge is 0.140 e. The minimum absolute atomic E-state index is 0.273. The van der Waals surface area contributed by atoms with Crippen molar-refractivity contribution in [1.29, 1.82) is 0 Å². The van der Waals surface area contributed by atoms with E-state index in [1.807, 2.05) is 0 Å². The molecule has 0 rings (SSSR count). The fraction of sp³-hybridized carbons (Fsp3) is 0.667. The van der Waals surface area contributed by atoms with Gasteiger partial charge in [0.2, 0.25) is 0 Å². The van der Waals surface area contributed by atoms with Crippen molar-refractivity contribution >= 4 is 17.9 Å². The molecule has 0 aliphatic heterocycles. The maximum atomic E-state index is 9.44. The molecule has 1 atom stereocenters. The van der Waals surface area contributed by atoms with Crippen LogP contribution in [-0.4, -0.2) is 23.4 Å². The topological polar surface area (TPSA) is 37.3 Å². The molecule has 0 radical (unpaired) electrons. The predicted octanol–water partition coefficient (Wildman–Crippen LogP) is -0.215. The van der Waals surface area contributed by atoms with Gasteiger partial charge >= 0.3 is 0 Å². The molecule has 0 bridgehead atoms. The first-order chi connectivity index (χ1) is 2.81. The van der Waals surface area contributed by atoms with Gasteiger partial charge in [0.25, 0.3) is 0 Å². The summed E-state index contributed by atoms with van der Waals surface area (Å²) in [7, 11) is 0. The molecule has 3 heteroatoms. The van der Waals surface area contributed by atoms with Crippen LogP contribution in [0.5, 0.6) is 0 Å². The van der Waals surface area contributed by atoms with Crippen molar-refractivity contribution < 1.29 is 9.90 Å². The Balaban J connectivity index is 2.96. The maximum absolute atomic E-state index is 9.44. The molecule has 1 unspecified atom stereocenters. The molecule has 0 heterocycles. The number of rotatable bonds is 2. The van der Waals surface area contributed by atoms with Crippen molar-refractivity contribution in [3.63, 3.8) is 0 Å². The fourth-order valence-electron chi connectivity index (χ4n) is 0.0430. The molecular weight excluding hydrogens is 103 g/mol. The van der Waals surface area contributed by atoms with Gasteiger partial charge in [-0.3, -0.25) is 0 Å². The van der Waals surface area contributed by atoms with Gasteiger partial charge < -0.3 is 9.90 Å². The van der Waals surface area contributed by atoms with Gasteiger partial charge in [0, 0.05) is 0 Å². The Morgan fingerprint density at radius 2 is 2.50 bits per heavy atom. The summed E-state index contributed by atoms with van der Waals surface area (Å²) >= 11 is 5.03. The first-order valence-electron chi connectivity index (χ1n) is 1.51. The van der Waals surface area contributed by atoms with Crippen molar-refractivity contribution in [2.75, 3.05) is 6.61 Å². The van der Waals surface area contributed by atoms with E-state index in [0.717, 1.165) is 0 Å². The molecule has 0 aromatic heterocycles. The van der Waals surface area contributed by atoms with Crippen molar-refractivity contribution in [2.45, 2.75) is 5.38 Å². The van der Waals surface area contributed by atoms with Crippen LogP contribution < -0.4 is 0 Å². The molecule has 0 spiro atoms. The van der Waals surface area contributed by atoms with Gasteiger partial charge in [0.05, 0.1) is 6.61 Å². The van der Waals surface area contributed by atoms with Gasteiger partial charge in [0.1, 0.15) is 11.7 Å². The minimum atomic E-state index is -0.718. The molecule has 0 fully saturated rings. The standard InChI is InChI=1S/C3H5ClO2/c4-3(1-5)2-6/h1,3,6H,2H2. The summed E-state index contributed by atoms with van der Waals surface area (Å²) in [6, 6.07) is 0. The van der Waals surface area contributed by atoms with Crippen LogP contribution in [0.3, 0.4) is 0 Å². The number of aldehydes is 1. The maximum Gasteiger partial charge on any atom is 0.140 e. The molecule has 2 nitrogen and oxygen atoms in total. The van der Waals surface area contributed by atoms with Gasteiger partial charge in [0.15, 0.2) is 0 Å². The van der Waals surface area contributed by atoms with Gasteiger partial charge in [-0.25, -0.2) is 0 Å². The van der Waals surface area contributed by atoms with Gasteiger partial charge in [-0.1, -0.05) is 0 Å². The number of alkyl halides is 1. The van der Waals surface area contributed by atoms with Crippen LogP contribution in [0.4, 0.5) is 0 Å². The zero-order chi connectivity index (χ0) is 4.99. The molecular formula is C3H5ClO2. The van der Waals surface area contributed by atoms with E-state index in [2.05, 4.69) is 0 Å². The zero-order valence-electron chi connectivity index (χ0n) is 3.10. The van der Waals surface area contributed by atoms with Crippen LogP contribution in [-0.2, 0) is 4.79 Å². The number of aliphatic hydroxyl groups is 1. The lowest BCUT2D eigenvalue weighted by molar-refractivity contribution is -0.108. The first kappa shape index (κ1) is 5.92. The first-order valence-corrected chi connectivity index (χ1v) is 1.95. The Morgan fingerprint density at radius 1 is 2.00 bits per heavy atom. The number of hydrogen-bond donors (Lipinski definition) is 1. The summed E-state index contributed by atoms with van der Waals surface area (Å²) in [6.07, 6.45) is 0.488. The van der Waals surface area contributed by atoms with Crippen LogP contribution in [0, 0.1) is 0 Å². The third kappa shape index (κ3) is 2.18. The Labute approximate surface area is 40.7 Å². The van der Waals surface area contributed by atoms with E-state index in [1.54, 1.807) is 0 Å². The fourth-order valence-corrected chi connectivity index (χ4v) is 0.0430. The van der Waals surface area contributed by atoms with Crippen molar-refractivity contribution in [1.82, 2.24) is 0 Å². The summed E-state index contributed by atoms with van der Waals surface area (Å²) < 4.78 is 0. The lowest BCUT2D eigenvalue weighted by atomic mass is 10.5. The Bertz CT molecular complexity index is 46.1. The SMILES string of the molecule is O=CC(Cl)CO. The van der Waals surface area contributed by atoms with E-state index in [0.29, 0.717) is 6.29 Å². The Hall–Kier alpha value is -0.0800. The van der Waals surface area contributed by atoms with Crippen LogP contribution in [0.1, 0.15) is 0 Å². The lowest BCUT2D eigenvalue weighted by Crippen LogP contribution is -2.04. The van der Waals surface area contributed by atoms with Gasteiger partial charge in [-0.05, 0) is 0 Å². The number of hydrogen-bond acceptors (Lipinski definition) is 2. The lowest BCUT2D eigenvalue weighted by Gasteiger charge is -1.86. The molecule has 1 N–H and O–H groups in total. The van der Waals surface area contributed by atoms with Crippen LogP contribution >= 0.6 is 11.6 Å². The van der Waals surface area contributed by atoms with E-state index in [1.165, 1.54) is 0 Å². The highest BCUT2D eigenvalue weighted by atomic mass is 35.5. The highest BCUT2D eigenvalue weighted by Gasteiger charge is 1.94. The number of carbonyl (C=O) groups excluding carboxylic acids is 1. The van der Waals surface area contributed by atoms with Crippen molar-refractivity contribution in [2.24, 2.45) is 0 Å². The molecule has 6 heavy (non-hydrogen) atoms. The molecule has 0 saturated carbocycles. The van der Waals surface area contributed by atoms with E-state index >= 15 is 0 Å². The second-order valence-electron chi connectivity index (χ2n) is 0.835. The third-order valence-electron chi connectivity index (χ3n) is 0.322. The molecule has 0 aromatic carbocycles. The van der Waals surface area contributed by atoms with Crippen molar-refractivity contribution in [3.05, 3.63) is 0 Å². The van der Waals surface area contributed by atoms with E-state index in [4.69, 9.17) is 16.7 Å². The number of carbonyl (C=O) groups is 1. The Morgan fingerprint density at radius 3 is 2.50 bits per heavy atom. The van der Waals surface area contributed by atoms with E-state index < -0.39 is 5.38 Å². The normalized spacial score (nSPS) is 13.7. The second-order valence-corrected chi connectivity index (χ2v) is 1.40. The zero-order valence-corrected chi connectivity index (χ0v) is 3.85. The molecule has 0 aliphatic rings. The van der Waals surface area contributed by atoms with Gasteiger partial charge in [-0.15, -0.1) is 11.6 Å². The van der Waals surface area contributed by atoms with E-state index in [-0.39, 0.29) is 6.61 Å². The average Bonchev–Trinajstić information content (AvgIpc) is 1.65. The molecule has 0 saturated heterocycles. The van der Waals surface area contributed by atoms with Crippen LogP contribution in [0.15, 0.2) is 0 Å². The monoisotopic (exact) mass is 108 g/mol. The summed E-state index contributed by atoms with van der Waals surface area (Å²) in [6.45, 7) is -0.273. The molecule has 0 amide bonds. The molecule has 0 aliphatic carbocycles. The van der Waals surface area contributed by atoms with E-state index in [9.17, 15) is 4.79 Å².